The summed E-state index contributed by atoms with van der Waals surface area (Å²) in [5.41, 5.74) is 4.02. The molecule has 1 aliphatic carbocycles. The molecule has 0 radical (unpaired) electrons. The molecule has 0 N–H and O–H groups in total. The van der Waals surface area contributed by atoms with E-state index in [0.29, 0.717) is 27.8 Å². The highest BCUT2D eigenvalue weighted by molar-refractivity contribution is 6.36. The molecule has 1 aromatic heterocycles. The zero-order valence-corrected chi connectivity index (χ0v) is 18.0. The first-order chi connectivity index (χ1) is 14.6. The molecule has 5 nitrogen and oxygen atoms in total. The Bertz CT molecular complexity index is 1080. The molecule has 2 aliphatic rings. The van der Waals surface area contributed by atoms with Crippen LogP contribution in [0.5, 0.6) is 0 Å². The first-order valence-corrected chi connectivity index (χ1v) is 11.1. The van der Waals surface area contributed by atoms with Gasteiger partial charge >= 0.3 is 0 Å². The molecule has 2 fully saturated rings. The van der Waals surface area contributed by atoms with Crippen molar-refractivity contribution in [2.24, 2.45) is 11.8 Å². The smallest absolute Gasteiger partial charge is 0.225 e. The van der Waals surface area contributed by atoms with E-state index >= 15 is 0 Å². The molecule has 2 heterocycles. The van der Waals surface area contributed by atoms with E-state index in [1.165, 1.54) is 0 Å². The minimum Gasteiger partial charge on any atom is -0.342 e. The van der Waals surface area contributed by atoms with Crippen LogP contribution in [0.3, 0.4) is 0 Å². The van der Waals surface area contributed by atoms with E-state index < -0.39 is 0 Å². The van der Waals surface area contributed by atoms with Crippen molar-refractivity contribution in [1.29, 1.82) is 0 Å². The van der Waals surface area contributed by atoms with Crippen molar-refractivity contribution in [2.45, 2.75) is 25.8 Å². The average Bonchev–Trinajstić information content (AvgIpc) is 3.32. The lowest BCUT2D eigenvalue weighted by Crippen LogP contribution is -2.30. The summed E-state index contributed by atoms with van der Waals surface area (Å²) in [7, 11) is 0. The number of likely N-dealkylation sites (tertiary alicyclic amines) is 1. The number of hydrogen-bond donors (Lipinski definition) is 0. The van der Waals surface area contributed by atoms with Crippen LogP contribution in [-0.2, 0) is 11.3 Å². The predicted molar refractivity (Wildman–Crippen MR) is 118 cm³/mol. The number of aromatic nitrogens is 3. The fourth-order valence-corrected chi connectivity index (χ4v) is 4.69. The Morgan fingerprint density at radius 1 is 1.03 bits per heavy atom. The third kappa shape index (κ3) is 3.96. The molecule has 0 spiro atoms. The van der Waals surface area contributed by atoms with Gasteiger partial charge in [-0.2, -0.15) is 0 Å². The SMILES string of the molecule is O=C(C1CC1)N1CC[C@@H](Cn2nncc2-c2ccc(-c3ccc(Cl)cc3Cl)cc2)C1. The summed E-state index contributed by atoms with van der Waals surface area (Å²) in [6, 6.07) is 13.7. The number of benzene rings is 2. The molecule has 1 amide bonds. The lowest BCUT2D eigenvalue weighted by Gasteiger charge is -2.16. The molecule has 2 aromatic carbocycles. The summed E-state index contributed by atoms with van der Waals surface area (Å²) >= 11 is 12.4. The Balaban J connectivity index is 1.30. The molecule has 0 bridgehead atoms. The average molecular weight is 441 g/mol. The van der Waals surface area contributed by atoms with Gasteiger partial charge in [0.15, 0.2) is 0 Å². The Kier molecular flexibility index (Phi) is 5.25. The molecule has 3 aromatic rings. The number of nitrogens with zero attached hydrogens (tertiary/aromatic N) is 4. The van der Waals surface area contributed by atoms with Crippen LogP contribution in [0.1, 0.15) is 19.3 Å². The van der Waals surface area contributed by atoms with Gasteiger partial charge in [-0.3, -0.25) is 4.79 Å². The highest BCUT2D eigenvalue weighted by atomic mass is 35.5. The Labute approximate surface area is 185 Å². The minimum absolute atomic E-state index is 0.290. The van der Waals surface area contributed by atoms with E-state index in [1.807, 2.05) is 33.8 Å². The van der Waals surface area contributed by atoms with Crippen molar-refractivity contribution >= 4 is 29.1 Å². The van der Waals surface area contributed by atoms with Gasteiger partial charge in [-0.1, -0.05) is 58.7 Å². The maximum atomic E-state index is 12.3. The lowest BCUT2D eigenvalue weighted by molar-refractivity contribution is -0.131. The predicted octanol–water partition coefficient (Wildman–Crippen LogP) is 5.18. The van der Waals surface area contributed by atoms with E-state index in [4.69, 9.17) is 23.2 Å². The monoisotopic (exact) mass is 440 g/mol. The van der Waals surface area contributed by atoms with E-state index in [0.717, 1.165) is 61.3 Å². The van der Waals surface area contributed by atoms with Gasteiger partial charge in [-0.05, 0) is 42.9 Å². The zero-order chi connectivity index (χ0) is 20.7. The summed E-state index contributed by atoms with van der Waals surface area (Å²) < 4.78 is 1.96. The molecule has 5 rings (SSSR count). The number of carbonyl (C=O) groups is 1. The number of amides is 1. The topological polar surface area (TPSA) is 51.0 Å². The van der Waals surface area contributed by atoms with Crippen molar-refractivity contribution in [3.05, 3.63) is 58.7 Å². The molecule has 30 heavy (non-hydrogen) atoms. The van der Waals surface area contributed by atoms with Gasteiger partial charge in [0.25, 0.3) is 0 Å². The van der Waals surface area contributed by atoms with Crippen LogP contribution in [0.25, 0.3) is 22.4 Å². The Hall–Kier alpha value is -2.37. The molecule has 1 aliphatic heterocycles. The third-order valence-electron chi connectivity index (χ3n) is 6.00. The van der Waals surface area contributed by atoms with E-state index in [9.17, 15) is 4.79 Å². The van der Waals surface area contributed by atoms with E-state index in [1.54, 1.807) is 12.3 Å². The molecule has 7 heteroatoms. The maximum absolute atomic E-state index is 12.3. The van der Waals surface area contributed by atoms with E-state index in [-0.39, 0.29) is 0 Å². The van der Waals surface area contributed by atoms with Gasteiger partial charge < -0.3 is 4.90 Å². The molecule has 0 unspecified atom stereocenters. The van der Waals surface area contributed by atoms with Crippen molar-refractivity contribution in [2.75, 3.05) is 13.1 Å². The van der Waals surface area contributed by atoms with Gasteiger partial charge in [0.2, 0.25) is 5.91 Å². The van der Waals surface area contributed by atoms with Crippen LogP contribution in [0.15, 0.2) is 48.7 Å². The van der Waals surface area contributed by atoms with E-state index in [2.05, 4.69) is 22.4 Å². The number of carbonyl (C=O) groups excluding carboxylic acids is 1. The van der Waals surface area contributed by atoms with Crippen LogP contribution in [0.4, 0.5) is 0 Å². The van der Waals surface area contributed by atoms with Crippen molar-refractivity contribution in [1.82, 2.24) is 19.9 Å². The highest BCUT2D eigenvalue weighted by Crippen LogP contribution is 2.34. The van der Waals surface area contributed by atoms with Gasteiger partial charge in [-0.25, -0.2) is 4.68 Å². The summed E-state index contributed by atoms with van der Waals surface area (Å²) in [5.74, 6) is 1.05. The van der Waals surface area contributed by atoms with Crippen LogP contribution in [0, 0.1) is 11.8 Å². The second-order valence-corrected chi connectivity index (χ2v) is 9.06. The maximum Gasteiger partial charge on any atom is 0.225 e. The quantitative estimate of drug-likeness (QED) is 0.549. The highest BCUT2D eigenvalue weighted by Gasteiger charge is 2.36. The lowest BCUT2D eigenvalue weighted by atomic mass is 10.0. The fourth-order valence-electron chi connectivity index (χ4n) is 4.18. The summed E-state index contributed by atoms with van der Waals surface area (Å²) in [6.07, 6.45) is 4.94. The Morgan fingerprint density at radius 3 is 2.53 bits per heavy atom. The zero-order valence-electron chi connectivity index (χ0n) is 16.5. The largest absolute Gasteiger partial charge is 0.342 e. The fraction of sp³-hybridized carbons (Fsp3) is 0.348. The summed E-state index contributed by atoms with van der Waals surface area (Å²) in [6.45, 7) is 2.46. The minimum atomic E-state index is 0.290. The second kappa shape index (κ2) is 8.05. The first kappa shape index (κ1) is 19.6. The second-order valence-electron chi connectivity index (χ2n) is 8.22. The molecule has 1 atom stereocenters. The molecule has 1 saturated carbocycles. The first-order valence-electron chi connectivity index (χ1n) is 10.3. The van der Waals surface area contributed by atoms with Gasteiger partial charge in [0.05, 0.1) is 11.9 Å². The standard InChI is InChI=1S/C23H22Cl2N4O/c24-19-7-8-20(21(25)11-19)16-1-3-17(4-2-16)22-12-26-27-29(22)14-15-9-10-28(13-15)23(30)18-5-6-18/h1-4,7-8,11-12,15,18H,5-6,9-10,13-14H2/t15-/m1/s1. The van der Waals surface area contributed by atoms with Crippen molar-refractivity contribution < 1.29 is 4.79 Å². The van der Waals surface area contributed by atoms with Crippen molar-refractivity contribution in [3.63, 3.8) is 0 Å². The number of hydrogen-bond acceptors (Lipinski definition) is 3. The molecule has 1 saturated heterocycles. The normalized spacial score (nSPS) is 18.7. The molecule has 154 valence electrons. The van der Waals surface area contributed by atoms with Gasteiger partial charge in [0, 0.05) is 46.7 Å². The van der Waals surface area contributed by atoms with Crippen LogP contribution in [-0.4, -0.2) is 38.9 Å². The van der Waals surface area contributed by atoms with Crippen molar-refractivity contribution in [3.8, 4) is 22.4 Å². The van der Waals surface area contributed by atoms with Gasteiger partial charge in [-0.15, -0.1) is 5.10 Å². The van der Waals surface area contributed by atoms with Crippen LogP contribution in [0.2, 0.25) is 10.0 Å². The third-order valence-corrected chi connectivity index (χ3v) is 6.54. The number of rotatable bonds is 5. The summed E-state index contributed by atoms with van der Waals surface area (Å²) in [4.78, 5) is 14.3. The Morgan fingerprint density at radius 2 is 1.80 bits per heavy atom. The van der Waals surface area contributed by atoms with Gasteiger partial charge in [0.1, 0.15) is 0 Å². The van der Waals surface area contributed by atoms with Crippen LogP contribution >= 0.6 is 23.2 Å². The van der Waals surface area contributed by atoms with Crippen LogP contribution < -0.4 is 0 Å². The molecular weight excluding hydrogens is 419 g/mol. The number of halogens is 2. The summed E-state index contributed by atoms with van der Waals surface area (Å²) in [5, 5.41) is 9.70. The molecular formula is C23H22Cl2N4O.